The number of hydrogen-bond donors (Lipinski definition) is 0. The Balaban J connectivity index is 0.000000320. The maximum Gasteiger partial charge on any atom is 2.00 e. The fraction of sp³-hybridized carbons (Fsp3) is 0.357. The van der Waals surface area contributed by atoms with Gasteiger partial charge in [0.15, 0.2) is 0 Å². The second-order valence-electron chi connectivity index (χ2n) is 10.1. The molecule has 3 rings (SSSR count). The van der Waals surface area contributed by atoms with Crippen LogP contribution in [0.5, 0.6) is 11.5 Å². The van der Waals surface area contributed by atoms with Crippen LogP contribution < -0.4 is 10.2 Å². The van der Waals surface area contributed by atoms with Crippen molar-refractivity contribution in [2.45, 2.75) is 66.2 Å². The molecule has 0 aliphatic carbocycles. The summed E-state index contributed by atoms with van der Waals surface area (Å²) in [6.07, 6.45) is 3.57. The number of pyridine rings is 1. The van der Waals surface area contributed by atoms with Gasteiger partial charge in [-0.05, 0) is 47.9 Å². The summed E-state index contributed by atoms with van der Waals surface area (Å²) in [6.45, 7) is 15.8. The van der Waals surface area contributed by atoms with Crippen molar-refractivity contribution in [1.82, 2.24) is 4.98 Å². The Morgan fingerprint density at radius 1 is 0.727 bits per heavy atom. The zero-order valence-electron chi connectivity index (χ0n) is 20.8. The summed E-state index contributed by atoms with van der Waals surface area (Å²) in [5.41, 5.74) is 4.95. The van der Waals surface area contributed by atoms with Crippen LogP contribution in [0.3, 0.4) is 0 Å². The molecule has 1 aromatic heterocycles. The molecule has 0 atom stereocenters. The van der Waals surface area contributed by atoms with E-state index in [9.17, 15) is 10.2 Å². The molecule has 0 radical (unpaired) electrons. The second-order valence-corrected chi connectivity index (χ2v) is 10.1. The summed E-state index contributed by atoms with van der Waals surface area (Å²) in [5.74, 6) is -0.695. The number of para-hydroxylation sites is 1. The molecule has 1 heterocycles. The molecule has 0 spiro atoms. The van der Waals surface area contributed by atoms with Gasteiger partial charge in [-0.3, -0.25) is 9.98 Å². The number of nitrogens with zero attached hydrogens (tertiary/aromatic N) is 2. The topological polar surface area (TPSA) is 71.4 Å². The molecule has 176 valence electrons. The van der Waals surface area contributed by atoms with E-state index in [0.29, 0.717) is 11.1 Å². The van der Waals surface area contributed by atoms with Gasteiger partial charge in [-0.2, -0.15) is 0 Å². The third kappa shape index (κ3) is 7.73. The third-order valence-electron chi connectivity index (χ3n) is 5.18. The van der Waals surface area contributed by atoms with Gasteiger partial charge >= 0.3 is 17.1 Å². The Bertz CT molecular complexity index is 1020. The maximum absolute atomic E-state index is 12.0. The van der Waals surface area contributed by atoms with Crippen molar-refractivity contribution in [3.05, 3.63) is 82.7 Å². The van der Waals surface area contributed by atoms with Crippen LogP contribution in [0.4, 0.5) is 5.69 Å². The predicted octanol–water partition coefficient (Wildman–Crippen LogP) is 5.88. The molecule has 0 amide bonds. The van der Waals surface area contributed by atoms with E-state index in [1.807, 2.05) is 65.8 Å². The standard InChI is InChI=1S/C14H14N2.C14H22O2.Fe/c1-11-6-5-7-12(2)14(11)16-10-13-8-3-4-9-15-13;1-13(2,3)9-7-8-10(14(4,5)6)12(16)11(9)15;/h3-10H,1-2H3;7-8,15-16H,1-6H3;/q;;+2/p-2. The smallest absolute Gasteiger partial charge is 0.873 e. The van der Waals surface area contributed by atoms with Gasteiger partial charge in [-0.25, -0.2) is 0 Å². The summed E-state index contributed by atoms with van der Waals surface area (Å²) in [4.78, 5) is 8.69. The van der Waals surface area contributed by atoms with Crippen molar-refractivity contribution in [3.8, 4) is 11.5 Å². The molecule has 0 N–H and O–H groups in total. The SMILES string of the molecule is CC(C)(C)c1ccc(C(C)(C)C)c([O-])c1[O-].Cc1cccc(C)c1N=Cc1ccccn1.[Fe+2]. The molecule has 4 nitrogen and oxygen atoms in total. The Kier molecular flexibility index (Phi) is 9.89. The predicted molar refractivity (Wildman–Crippen MR) is 130 cm³/mol. The molecule has 3 aromatic rings. The van der Waals surface area contributed by atoms with Crippen LogP contribution in [-0.2, 0) is 27.9 Å². The molecular weight excluding hydrogens is 452 g/mol. The number of benzene rings is 2. The molecule has 0 aliphatic rings. The van der Waals surface area contributed by atoms with Crippen molar-refractivity contribution in [1.29, 1.82) is 0 Å². The minimum absolute atomic E-state index is 0. The van der Waals surface area contributed by atoms with Gasteiger partial charge in [0.05, 0.1) is 17.6 Å². The summed E-state index contributed by atoms with van der Waals surface area (Å²) >= 11 is 0. The molecular formula is C28H34FeN2O2. The molecule has 0 fully saturated rings. The monoisotopic (exact) mass is 486 g/mol. The Labute approximate surface area is 209 Å². The number of aromatic nitrogens is 1. The number of hydrogen-bond acceptors (Lipinski definition) is 4. The van der Waals surface area contributed by atoms with Gasteiger partial charge in [-0.1, -0.05) is 89.1 Å². The normalized spacial score (nSPS) is 11.5. The molecule has 0 bridgehead atoms. The zero-order valence-corrected chi connectivity index (χ0v) is 21.9. The molecule has 2 aromatic carbocycles. The van der Waals surface area contributed by atoms with Gasteiger partial charge < -0.3 is 10.2 Å². The summed E-state index contributed by atoms with van der Waals surface area (Å²) < 4.78 is 0. The van der Waals surface area contributed by atoms with E-state index < -0.39 is 0 Å². The molecule has 5 heteroatoms. The molecule has 0 unspecified atom stereocenters. The Morgan fingerprint density at radius 3 is 1.61 bits per heavy atom. The quantitative estimate of drug-likeness (QED) is 0.336. The van der Waals surface area contributed by atoms with Crippen molar-refractivity contribution in [3.63, 3.8) is 0 Å². The molecule has 0 aliphatic heterocycles. The fourth-order valence-electron chi connectivity index (χ4n) is 3.34. The van der Waals surface area contributed by atoms with Gasteiger partial charge in [-0.15, -0.1) is 11.5 Å². The first-order valence-corrected chi connectivity index (χ1v) is 10.9. The zero-order chi connectivity index (χ0) is 24.1. The Morgan fingerprint density at radius 2 is 1.21 bits per heavy atom. The maximum atomic E-state index is 12.0. The average molecular weight is 486 g/mol. The number of aliphatic imine (C=N–C) groups is 1. The first-order valence-electron chi connectivity index (χ1n) is 10.9. The van der Waals surface area contributed by atoms with Crippen molar-refractivity contribution >= 4 is 11.9 Å². The van der Waals surface area contributed by atoms with E-state index in [1.54, 1.807) is 24.5 Å². The summed E-state index contributed by atoms with van der Waals surface area (Å²) in [5, 5.41) is 23.9. The van der Waals surface area contributed by atoms with Crippen molar-refractivity contribution < 1.29 is 27.3 Å². The van der Waals surface area contributed by atoms with Crippen LogP contribution >= 0.6 is 0 Å². The van der Waals surface area contributed by atoms with Crippen LogP contribution in [0.15, 0.2) is 59.7 Å². The largest absolute Gasteiger partial charge is 2.00 e. The fourth-order valence-corrected chi connectivity index (χ4v) is 3.34. The minimum atomic E-state index is -0.347. The first-order chi connectivity index (χ1) is 14.8. The van der Waals surface area contributed by atoms with Gasteiger partial charge in [0.1, 0.15) is 0 Å². The summed E-state index contributed by atoms with van der Waals surface area (Å²) in [6, 6.07) is 15.6. The minimum Gasteiger partial charge on any atom is -0.873 e. The first kappa shape index (κ1) is 28.4. The molecule has 33 heavy (non-hydrogen) atoms. The molecule has 0 saturated heterocycles. The van der Waals surface area contributed by atoms with Crippen LogP contribution in [0, 0.1) is 13.8 Å². The van der Waals surface area contributed by atoms with E-state index in [-0.39, 0.29) is 39.4 Å². The van der Waals surface area contributed by atoms with E-state index >= 15 is 0 Å². The van der Waals surface area contributed by atoms with Crippen LogP contribution in [-0.4, -0.2) is 11.2 Å². The van der Waals surface area contributed by atoms with Gasteiger partial charge in [0.25, 0.3) is 0 Å². The second kappa shape index (κ2) is 11.5. The average Bonchev–Trinajstić information content (AvgIpc) is 2.69. The van der Waals surface area contributed by atoms with E-state index in [2.05, 4.69) is 36.0 Å². The number of rotatable bonds is 2. The van der Waals surface area contributed by atoms with E-state index in [1.165, 1.54) is 11.1 Å². The van der Waals surface area contributed by atoms with Gasteiger partial charge in [0.2, 0.25) is 0 Å². The van der Waals surface area contributed by atoms with Crippen LogP contribution in [0.1, 0.15) is 69.5 Å². The Hall–Kier alpha value is -2.62. The van der Waals surface area contributed by atoms with Crippen LogP contribution in [0.25, 0.3) is 0 Å². The third-order valence-corrected chi connectivity index (χ3v) is 5.18. The number of aryl methyl sites for hydroxylation is 2. The van der Waals surface area contributed by atoms with Crippen LogP contribution in [0.2, 0.25) is 0 Å². The van der Waals surface area contributed by atoms with Gasteiger partial charge in [0, 0.05) is 6.20 Å². The molecule has 0 saturated carbocycles. The van der Waals surface area contributed by atoms with Crippen molar-refractivity contribution in [2.24, 2.45) is 4.99 Å². The van der Waals surface area contributed by atoms with Crippen molar-refractivity contribution in [2.75, 3.05) is 0 Å². The summed E-state index contributed by atoms with van der Waals surface area (Å²) in [7, 11) is 0. The van der Waals surface area contributed by atoms with E-state index in [4.69, 9.17) is 0 Å². The van der Waals surface area contributed by atoms with E-state index in [0.717, 1.165) is 11.4 Å².